The number of sulfonamides is 1. The molecule has 1 aromatic heterocycles. The molecule has 21 heavy (non-hydrogen) atoms. The van der Waals surface area contributed by atoms with Crippen LogP contribution in [0.3, 0.4) is 0 Å². The molecule has 2 saturated carbocycles. The molecular formula is C14H23N3O2S2. The van der Waals surface area contributed by atoms with E-state index in [1.54, 1.807) is 6.92 Å². The molecule has 0 amide bonds. The number of anilines is 1. The second kappa shape index (κ2) is 5.52. The highest BCUT2D eigenvalue weighted by atomic mass is 32.2. The summed E-state index contributed by atoms with van der Waals surface area (Å²) in [6.45, 7) is 1.70. The van der Waals surface area contributed by atoms with E-state index in [4.69, 9.17) is 5.14 Å². The zero-order chi connectivity index (χ0) is 15.1. The molecule has 0 bridgehead atoms. The van der Waals surface area contributed by atoms with Crippen molar-refractivity contribution < 1.29 is 8.42 Å². The maximum atomic E-state index is 11.5. The van der Waals surface area contributed by atoms with Crippen molar-refractivity contribution in [3.63, 3.8) is 0 Å². The predicted octanol–water partition coefficient (Wildman–Crippen LogP) is 3.01. The van der Waals surface area contributed by atoms with E-state index in [2.05, 4.69) is 10.3 Å². The van der Waals surface area contributed by atoms with Crippen molar-refractivity contribution in [3.8, 4) is 0 Å². The number of aryl methyl sites for hydroxylation is 1. The normalized spacial score (nSPS) is 25.3. The summed E-state index contributed by atoms with van der Waals surface area (Å²) in [6.07, 6.45) is 10.2. The monoisotopic (exact) mass is 329 g/mol. The van der Waals surface area contributed by atoms with Gasteiger partial charge < -0.3 is 5.32 Å². The Balaban J connectivity index is 1.82. The van der Waals surface area contributed by atoms with Crippen LogP contribution >= 0.6 is 11.3 Å². The van der Waals surface area contributed by atoms with Crippen molar-refractivity contribution in [3.05, 3.63) is 5.69 Å². The molecule has 2 aliphatic carbocycles. The minimum Gasteiger partial charge on any atom is -0.358 e. The predicted molar refractivity (Wildman–Crippen MR) is 85.0 cm³/mol. The minimum absolute atomic E-state index is 0.182. The first-order valence-electron chi connectivity index (χ1n) is 7.67. The average Bonchev–Trinajstić information content (AvgIpc) is 3.00. The summed E-state index contributed by atoms with van der Waals surface area (Å²) in [7, 11) is -3.66. The molecule has 7 heteroatoms. The van der Waals surface area contributed by atoms with E-state index in [0.29, 0.717) is 22.3 Å². The Morgan fingerprint density at radius 1 is 1.24 bits per heavy atom. The van der Waals surface area contributed by atoms with Crippen LogP contribution in [0.5, 0.6) is 0 Å². The number of rotatable bonds is 3. The van der Waals surface area contributed by atoms with E-state index >= 15 is 0 Å². The Morgan fingerprint density at radius 2 is 1.86 bits per heavy atom. The van der Waals surface area contributed by atoms with Crippen LogP contribution in [0.15, 0.2) is 4.21 Å². The van der Waals surface area contributed by atoms with Crippen LogP contribution < -0.4 is 10.5 Å². The third kappa shape index (κ3) is 2.96. The van der Waals surface area contributed by atoms with Gasteiger partial charge in [-0.05, 0) is 38.0 Å². The fraction of sp³-hybridized carbons (Fsp3) is 0.786. The van der Waals surface area contributed by atoms with Gasteiger partial charge in [0.15, 0.2) is 9.34 Å². The number of aromatic nitrogens is 1. The van der Waals surface area contributed by atoms with Crippen LogP contribution in [0, 0.1) is 12.3 Å². The summed E-state index contributed by atoms with van der Waals surface area (Å²) in [5.74, 6) is 0. The zero-order valence-electron chi connectivity index (χ0n) is 12.4. The first-order valence-corrected chi connectivity index (χ1v) is 10.0. The summed E-state index contributed by atoms with van der Waals surface area (Å²) in [5.41, 5.74) is 0.904. The first kappa shape index (κ1) is 15.2. The lowest BCUT2D eigenvalue weighted by molar-refractivity contribution is 0.173. The third-order valence-corrected chi connectivity index (χ3v) is 7.71. The van der Waals surface area contributed by atoms with Crippen molar-refractivity contribution in [2.24, 2.45) is 10.6 Å². The van der Waals surface area contributed by atoms with Crippen molar-refractivity contribution in [1.82, 2.24) is 4.98 Å². The quantitative estimate of drug-likeness (QED) is 0.892. The summed E-state index contributed by atoms with van der Waals surface area (Å²) in [5, 5.41) is 9.47. The fourth-order valence-electron chi connectivity index (χ4n) is 4.07. The third-order valence-electron chi connectivity index (χ3n) is 5.07. The molecule has 118 valence electrons. The van der Waals surface area contributed by atoms with Gasteiger partial charge in [0.2, 0.25) is 10.0 Å². The molecule has 1 heterocycles. The number of nitrogens with zero attached hydrogens (tertiary/aromatic N) is 1. The molecule has 3 N–H and O–H groups in total. The SMILES string of the molecule is Cc1nc(N[C@H]2CCCCC23CCCC3)sc1S(N)(=O)=O. The van der Waals surface area contributed by atoms with Gasteiger partial charge in [0.1, 0.15) is 0 Å². The van der Waals surface area contributed by atoms with Gasteiger partial charge in [-0.15, -0.1) is 0 Å². The molecule has 0 radical (unpaired) electrons. The second-order valence-corrected chi connectivity index (χ2v) is 9.20. The van der Waals surface area contributed by atoms with Crippen molar-refractivity contribution in [2.45, 2.75) is 68.5 Å². The van der Waals surface area contributed by atoms with Crippen molar-refractivity contribution in [1.29, 1.82) is 0 Å². The number of hydrogen-bond donors (Lipinski definition) is 2. The molecule has 2 fully saturated rings. The molecule has 1 atom stereocenters. The lowest BCUT2D eigenvalue weighted by Crippen LogP contribution is -2.41. The van der Waals surface area contributed by atoms with Crippen LogP contribution in [-0.4, -0.2) is 19.4 Å². The molecule has 1 spiro atoms. The van der Waals surface area contributed by atoms with E-state index in [9.17, 15) is 8.42 Å². The van der Waals surface area contributed by atoms with Gasteiger partial charge in [-0.1, -0.05) is 37.0 Å². The summed E-state index contributed by atoms with van der Waals surface area (Å²) in [6, 6.07) is 0.424. The van der Waals surface area contributed by atoms with Crippen LogP contribution in [0.4, 0.5) is 5.13 Å². The molecule has 1 aromatic rings. The number of primary sulfonamides is 1. The highest BCUT2D eigenvalue weighted by molar-refractivity contribution is 7.91. The average molecular weight is 329 g/mol. The number of nitrogens with two attached hydrogens (primary N) is 1. The van der Waals surface area contributed by atoms with Gasteiger partial charge in [0.05, 0.1) is 5.69 Å². The van der Waals surface area contributed by atoms with Gasteiger partial charge in [0.25, 0.3) is 0 Å². The molecule has 5 nitrogen and oxygen atoms in total. The Bertz CT molecular complexity index is 618. The highest BCUT2D eigenvalue weighted by Gasteiger charge is 2.43. The molecule has 3 rings (SSSR count). The number of hydrogen-bond acceptors (Lipinski definition) is 5. The Hall–Kier alpha value is -0.660. The fourth-order valence-corrected chi connectivity index (χ4v) is 5.98. The first-order chi connectivity index (χ1) is 9.91. The van der Waals surface area contributed by atoms with Crippen molar-refractivity contribution >= 4 is 26.5 Å². The second-order valence-electron chi connectivity index (χ2n) is 6.45. The minimum atomic E-state index is -3.66. The van der Waals surface area contributed by atoms with Crippen LogP contribution in [0.25, 0.3) is 0 Å². The van der Waals surface area contributed by atoms with E-state index in [0.717, 1.165) is 6.42 Å². The van der Waals surface area contributed by atoms with E-state index in [1.807, 2.05) is 0 Å². The van der Waals surface area contributed by atoms with Gasteiger partial charge in [-0.3, -0.25) is 0 Å². The van der Waals surface area contributed by atoms with Gasteiger partial charge in [-0.2, -0.15) is 0 Å². The topological polar surface area (TPSA) is 85.1 Å². The largest absolute Gasteiger partial charge is 0.358 e. The smallest absolute Gasteiger partial charge is 0.249 e. The molecule has 0 aromatic carbocycles. The van der Waals surface area contributed by atoms with Gasteiger partial charge >= 0.3 is 0 Å². The lowest BCUT2D eigenvalue weighted by atomic mass is 9.69. The zero-order valence-corrected chi connectivity index (χ0v) is 14.0. The van der Waals surface area contributed by atoms with Crippen LogP contribution in [-0.2, 0) is 10.0 Å². The Morgan fingerprint density at radius 3 is 2.43 bits per heavy atom. The standard InChI is InChI=1S/C14H23N3O2S2/c1-10-12(21(15,18)19)20-13(16-10)17-11-6-2-3-7-14(11)8-4-5-9-14/h11H,2-9H2,1H3,(H,16,17)(H2,15,18,19)/t11-/m0/s1. The summed E-state index contributed by atoms with van der Waals surface area (Å²) in [4.78, 5) is 4.37. The van der Waals surface area contributed by atoms with Crippen LogP contribution in [0.2, 0.25) is 0 Å². The molecule has 2 aliphatic rings. The maximum Gasteiger partial charge on any atom is 0.249 e. The Labute approximate surface area is 130 Å². The Kier molecular flexibility index (Phi) is 4.00. The van der Waals surface area contributed by atoms with E-state index in [1.165, 1.54) is 56.3 Å². The van der Waals surface area contributed by atoms with E-state index in [-0.39, 0.29) is 4.21 Å². The maximum absolute atomic E-state index is 11.5. The van der Waals surface area contributed by atoms with E-state index < -0.39 is 10.0 Å². The van der Waals surface area contributed by atoms with Crippen molar-refractivity contribution in [2.75, 3.05) is 5.32 Å². The number of thiazole rings is 1. The highest BCUT2D eigenvalue weighted by Crippen LogP contribution is 2.50. The summed E-state index contributed by atoms with van der Waals surface area (Å²) < 4.78 is 23.2. The van der Waals surface area contributed by atoms with Gasteiger partial charge in [0, 0.05) is 6.04 Å². The van der Waals surface area contributed by atoms with Gasteiger partial charge in [-0.25, -0.2) is 18.5 Å². The molecule has 0 aliphatic heterocycles. The number of nitrogens with one attached hydrogen (secondary N) is 1. The lowest BCUT2D eigenvalue weighted by Gasteiger charge is -2.42. The summed E-state index contributed by atoms with van der Waals surface area (Å²) >= 11 is 1.17. The molecule has 0 saturated heterocycles. The van der Waals surface area contributed by atoms with Crippen LogP contribution in [0.1, 0.15) is 57.1 Å². The molecule has 0 unspecified atom stereocenters. The molecular weight excluding hydrogens is 306 g/mol.